The summed E-state index contributed by atoms with van der Waals surface area (Å²) >= 11 is 0. The molecule has 0 bridgehead atoms. The molecule has 0 spiro atoms. The number of hydrogen-bond acceptors (Lipinski definition) is 3. The van der Waals surface area contributed by atoms with E-state index in [2.05, 4.69) is 10.3 Å². The van der Waals surface area contributed by atoms with Crippen LogP contribution in [0.2, 0.25) is 0 Å². The van der Waals surface area contributed by atoms with Crippen molar-refractivity contribution < 1.29 is 14.7 Å². The molecule has 1 aliphatic rings. The lowest BCUT2D eigenvalue weighted by molar-refractivity contribution is -0.135. The SMILES string of the molecule is O=C(O)C1=CCCON1. The first-order chi connectivity index (χ1) is 4.30. The molecule has 0 aromatic rings. The number of hydroxylamine groups is 1. The van der Waals surface area contributed by atoms with Crippen LogP contribution in [0.25, 0.3) is 0 Å². The van der Waals surface area contributed by atoms with Crippen molar-refractivity contribution in [3.05, 3.63) is 11.8 Å². The first kappa shape index (κ1) is 6.10. The van der Waals surface area contributed by atoms with Crippen molar-refractivity contribution in [3.8, 4) is 0 Å². The number of aliphatic carboxylic acids is 1. The van der Waals surface area contributed by atoms with Crippen LogP contribution in [0.3, 0.4) is 0 Å². The molecule has 0 fully saturated rings. The van der Waals surface area contributed by atoms with Crippen LogP contribution >= 0.6 is 0 Å². The van der Waals surface area contributed by atoms with Gasteiger partial charge < -0.3 is 5.11 Å². The summed E-state index contributed by atoms with van der Waals surface area (Å²) in [5, 5.41) is 8.33. The van der Waals surface area contributed by atoms with Crippen LogP contribution in [-0.2, 0) is 9.63 Å². The largest absolute Gasteiger partial charge is 0.477 e. The number of carboxylic acids is 1. The molecule has 1 heterocycles. The van der Waals surface area contributed by atoms with Crippen LogP contribution in [0.15, 0.2) is 11.8 Å². The van der Waals surface area contributed by atoms with Crippen LogP contribution < -0.4 is 5.48 Å². The monoisotopic (exact) mass is 129 g/mol. The van der Waals surface area contributed by atoms with E-state index in [-0.39, 0.29) is 5.70 Å². The van der Waals surface area contributed by atoms with Gasteiger partial charge in [0.05, 0.1) is 6.61 Å². The number of nitrogens with one attached hydrogen (secondary N) is 1. The quantitative estimate of drug-likeness (QED) is 0.518. The Labute approximate surface area is 52.1 Å². The normalized spacial score (nSPS) is 18.0. The highest BCUT2D eigenvalue weighted by Crippen LogP contribution is 1.98. The van der Waals surface area contributed by atoms with Gasteiger partial charge in [-0.1, -0.05) is 0 Å². The molecular formula is C5H7NO3. The Bertz CT molecular complexity index is 152. The van der Waals surface area contributed by atoms with E-state index in [4.69, 9.17) is 5.11 Å². The minimum Gasteiger partial charge on any atom is -0.477 e. The van der Waals surface area contributed by atoms with Crippen LogP contribution in [0.4, 0.5) is 0 Å². The third kappa shape index (κ3) is 1.43. The van der Waals surface area contributed by atoms with Gasteiger partial charge in [0, 0.05) is 0 Å². The van der Waals surface area contributed by atoms with Gasteiger partial charge in [0.25, 0.3) is 0 Å². The van der Waals surface area contributed by atoms with Gasteiger partial charge in [0.2, 0.25) is 0 Å². The second-order valence-corrected chi connectivity index (χ2v) is 1.66. The first-order valence-corrected chi connectivity index (χ1v) is 2.62. The Morgan fingerprint density at radius 3 is 3.00 bits per heavy atom. The fourth-order valence-corrected chi connectivity index (χ4v) is 0.564. The van der Waals surface area contributed by atoms with Crippen molar-refractivity contribution in [2.24, 2.45) is 0 Å². The Kier molecular flexibility index (Phi) is 1.69. The Balaban J connectivity index is 2.57. The van der Waals surface area contributed by atoms with Crippen LogP contribution in [0, 0.1) is 0 Å². The zero-order valence-electron chi connectivity index (χ0n) is 4.76. The second-order valence-electron chi connectivity index (χ2n) is 1.66. The fourth-order valence-electron chi connectivity index (χ4n) is 0.564. The van der Waals surface area contributed by atoms with Crippen LogP contribution in [0.1, 0.15) is 6.42 Å². The minimum atomic E-state index is -0.977. The minimum absolute atomic E-state index is 0.126. The van der Waals surface area contributed by atoms with Gasteiger partial charge in [0.15, 0.2) is 0 Å². The van der Waals surface area contributed by atoms with Crippen molar-refractivity contribution in [3.63, 3.8) is 0 Å². The number of rotatable bonds is 1. The van der Waals surface area contributed by atoms with Crippen molar-refractivity contribution in [1.82, 2.24) is 5.48 Å². The van der Waals surface area contributed by atoms with Crippen molar-refractivity contribution >= 4 is 5.97 Å². The summed E-state index contributed by atoms with van der Waals surface area (Å²) in [5.74, 6) is -0.977. The lowest BCUT2D eigenvalue weighted by Crippen LogP contribution is -2.24. The highest BCUT2D eigenvalue weighted by Gasteiger charge is 2.08. The molecule has 0 radical (unpaired) electrons. The molecule has 9 heavy (non-hydrogen) atoms. The molecule has 50 valence electrons. The maximum atomic E-state index is 10.1. The molecule has 0 atom stereocenters. The van der Waals surface area contributed by atoms with Crippen molar-refractivity contribution in [2.45, 2.75) is 6.42 Å². The average Bonchev–Trinajstić information content (AvgIpc) is 1.90. The van der Waals surface area contributed by atoms with Crippen molar-refractivity contribution in [2.75, 3.05) is 6.61 Å². The smallest absolute Gasteiger partial charge is 0.353 e. The summed E-state index contributed by atoms with van der Waals surface area (Å²) < 4.78 is 0. The van der Waals surface area contributed by atoms with Crippen LogP contribution in [0.5, 0.6) is 0 Å². The van der Waals surface area contributed by atoms with E-state index in [0.29, 0.717) is 13.0 Å². The highest BCUT2D eigenvalue weighted by atomic mass is 16.6. The topological polar surface area (TPSA) is 58.6 Å². The summed E-state index contributed by atoms with van der Waals surface area (Å²) in [6.45, 7) is 0.538. The molecule has 0 amide bonds. The number of carboxylic acid groups (broad SMARTS) is 1. The Morgan fingerprint density at radius 1 is 1.89 bits per heavy atom. The molecule has 1 aliphatic heterocycles. The second kappa shape index (κ2) is 2.50. The zero-order valence-corrected chi connectivity index (χ0v) is 4.76. The third-order valence-electron chi connectivity index (χ3n) is 0.981. The Hall–Kier alpha value is -1.03. The lowest BCUT2D eigenvalue weighted by Gasteiger charge is -2.10. The maximum Gasteiger partial charge on any atom is 0.353 e. The number of hydrogen-bond donors (Lipinski definition) is 2. The molecule has 0 saturated carbocycles. The first-order valence-electron chi connectivity index (χ1n) is 2.62. The molecule has 0 saturated heterocycles. The summed E-state index contributed by atoms with van der Waals surface area (Å²) in [7, 11) is 0. The molecule has 2 N–H and O–H groups in total. The molecular weight excluding hydrogens is 122 g/mol. The van der Waals surface area contributed by atoms with Crippen molar-refractivity contribution in [1.29, 1.82) is 0 Å². The third-order valence-corrected chi connectivity index (χ3v) is 0.981. The maximum absolute atomic E-state index is 10.1. The summed E-state index contributed by atoms with van der Waals surface area (Å²) in [6.07, 6.45) is 2.25. The highest BCUT2D eigenvalue weighted by molar-refractivity contribution is 5.85. The fraction of sp³-hybridized carbons (Fsp3) is 0.400. The van der Waals surface area contributed by atoms with E-state index in [1.807, 2.05) is 0 Å². The average molecular weight is 129 g/mol. The lowest BCUT2D eigenvalue weighted by atomic mass is 10.3. The molecule has 0 unspecified atom stereocenters. The molecule has 0 aromatic carbocycles. The summed E-state index contributed by atoms with van der Waals surface area (Å²) in [4.78, 5) is 14.8. The standard InChI is InChI=1S/C5H7NO3/c7-5(8)4-2-1-3-9-6-4/h2,6H,1,3H2,(H,7,8). The van der Waals surface area contributed by atoms with Gasteiger partial charge in [-0.2, -0.15) is 0 Å². The predicted octanol–water partition coefficient (Wildman–Crippen LogP) is -0.120. The van der Waals surface area contributed by atoms with Crippen LogP contribution in [-0.4, -0.2) is 17.7 Å². The van der Waals surface area contributed by atoms with E-state index < -0.39 is 5.97 Å². The molecule has 1 rings (SSSR count). The van der Waals surface area contributed by atoms with Gasteiger partial charge in [0.1, 0.15) is 5.70 Å². The zero-order chi connectivity index (χ0) is 6.69. The summed E-state index contributed by atoms with van der Waals surface area (Å²) in [6, 6.07) is 0. The summed E-state index contributed by atoms with van der Waals surface area (Å²) in [5.41, 5.74) is 2.41. The van der Waals surface area contributed by atoms with E-state index in [9.17, 15) is 4.79 Å². The van der Waals surface area contributed by atoms with Gasteiger partial charge in [-0.25, -0.2) is 4.79 Å². The molecule has 4 heteroatoms. The van der Waals surface area contributed by atoms with E-state index in [1.54, 1.807) is 6.08 Å². The predicted molar refractivity (Wildman–Crippen MR) is 29.4 cm³/mol. The van der Waals surface area contributed by atoms with Gasteiger partial charge >= 0.3 is 5.97 Å². The Morgan fingerprint density at radius 2 is 2.67 bits per heavy atom. The molecule has 0 aliphatic carbocycles. The van der Waals surface area contributed by atoms with Gasteiger partial charge in [-0.3, -0.25) is 10.3 Å². The van der Waals surface area contributed by atoms with E-state index in [1.165, 1.54) is 0 Å². The number of carbonyl (C=O) groups is 1. The van der Waals surface area contributed by atoms with E-state index in [0.717, 1.165) is 0 Å². The molecule has 4 nitrogen and oxygen atoms in total. The van der Waals surface area contributed by atoms with E-state index >= 15 is 0 Å². The molecule has 0 aromatic heterocycles. The van der Waals surface area contributed by atoms with Gasteiger partial charge in [-0.15, -0.1) is 0 Å². The van der Waals surface area contributed by atoms with Gasteiger partial charge in [-0.05, 0) is 12.5 Å².